The molecule has 2 aliphatic heterocycles. The van der Waals surface area contributed by atoms with Gasteiger partial charge in [-0.2, -0.15) is 0 Å². The van der Waals surface area contributed by atoms with Crippen LogP contribution in [0.15, 0.2) is 85.1 Å². The molecule has 0 radical (unpaired) electrons. The molecule has 2 unspecified atom stereocenters. The second-order valence-corrected chi connectivity index (χ2v) is 8.65. The van der Waals surface area contributed by atoms with E-state index in [1.54, 1.807) is 0 Å². The summed E-state index contributed by atoms with van der Waals surface area (Å²) >= 11 is 0. The standard InChI is InChI=1S/C27H24N4O/c32-27(22-11-5-4-10-21(22)19-8-2-1-3-9-19)31-17-20-14-15-30(18-25(20)31)26-16-28-23-12-6-7-13-24(23)29-26/h1-13,16,20,25H,14-15,17-18H2. The molecule has 3 aromatic carbocycles. The summed E-state index contributed by atoms with van der Waals surface area (Å²) in [5.41, 5.74) is 4.66. The Balaban J connectivity index is 1.25. The van der Waals surface area contributed by atoms with E-state index in [4.69, 9.17) is 4.98 Å². The molecule has 2 fully saturated rings. The van der Waals surface area contributed by atoms with Crippen LogP contribution in [0, 0.1) is 5.92 Å². The molecule has 5 heteroatoms. The van der Waals surface area contributed by atoms with Crippen molar-refractivity contribution < 1.29 is 4.79 Å². The van der Waals surface area contributed by atoms with Crippen LogP contribution in [0.1, 0.15) is 16.8 Å². The molecule has 2 atom stereocenters. The molecule has 5 nitrogen and oxygen atoms in total. The zero-order chi connectivity index (χ0) is 21.5. The van der Waals surface area contributed by atoms with Gasteiger partial charge >= 0.3 is 0 Å². The van der Waals surface area contributed by atoms with E-state index in [2.05, 4.69) is 22.0 Å². The minimum atomic E-state index is 0.122. The topological polar surface area (TPSA) is 49.3 Å². The van der Waals surface area contributed by atoms with Gasteiger partial charge in [0.1, 0.15) is 5.82 Å². The van der Waals surface area contributed by atoms with E-state index in [-0.39, 0.29) is 11.9 Å². The third kappa shape index (κ3) is 3.21. The fourth-order valence-corrected chi connectivity index (χ4v) is 5.03. The van der Waals surface area contributed by atoms with Crippen molar-refractivity contribution in [2.24, 2.45) is 5.92 Å². The Kier molecular flexibility index (Phi) is 4.60. The molecule has 0 bridgehead atoms. The molecule has 2 aliphatic rings. The van der Waals surface area contributed by atoms with E-state index < -0.39 is 0 Å². The fourth-order valence-electron chi connectivity index (χ4n) is 5.03. The van der Waals surface area contributed by atoms with Gasteiger partial charge in [-0.1, -0.05) is 60.7 Å². The number of amides is 1. The first kappa shape index (κ1) is 19.0. The van der Waals surface area contributed by atoms with Gasteiger partial charge in [0, 0.05) is 31.1 Å². The Bertz CT molecular complexity index is 1290. The third-order valence-corrected chi connectivity index (χ3v) is 6.82. The maximum absolute atomic E-state index is 13.6. The summed E-state index contributed by atoms with van der Waals surface area (Å²) in [6.07, 6.45) is 2.93. The van der Waals surface area contributed by atoms with E-state index in [9.17, 15) is 4.79 Å². The molecule has 1 aromatic heterocycles. The van der Waals surface area contributed by atoms with Gasteiger partial charge in [-0.15, -0.1) is 0 Å². The number of aromatic nitrogens is 2. The Hall–Kier alpha value is -3.73. The SMILES string of the molecule is O=C(c1ccccc1-c1ccccc1)N1CC2CCN(c3cnc4ccccc4n3)CC21. The van der Waals surface area contributed by atoms with E-state index >= 15 is 0 Å². The number of nitrogens with zero attached hydrogens (tertiary/aromatic N) is 4. The highest BCUT2D eigenvalue weighted by molar-refractivity contribution is 6.01. The summed E-state index contributed by atoms with van der Waals surface area (Å²) in [5.74, 6) is 1.58. The number of benzene rings is 3. The van der Waals surface area contributed by atoms with Gasteiger partial charge in [0.05, 0.1) is 23.3 Å². The predicted octanol–water partition coefficient (Wildman–Crippen LogP) is 4.65. The molecule has 0 spiro atoms. The van der Waals surface area contributed by atoms with Crippen molar-refractivity contribution in [1.29, 1.82) is 0 Å². The maximum atomic E-state index is 13.6. The lowest BCUT2D eigenvalue weighted by Gasteiger charge is -2.53. The highest BCUT2D eigenvalue weighted by Gasteiger charge is 2.45. The quantitative estimate of drug-likeness (QED) is 0.484. The molecular formula is C27H24N4O. The van der Waals surface area contributed by atoms with Gasteiger partial charge in [0.15, 0.2) is 0 Å². The fraction of sp³-hybridized carbons (Fsp3) is 0.222. The zero-order valence-corrected chi connectivity index (χ0v) is 17.8. The van der Waals surface area contributed by atoms with Crippen LogP contribution in [0.4, 0.5) is 5.82 Å². The average molecular weight is 421 g/mol. The van der Waals surface area contributed by atoms with Crippen molar-refractivity contribution >= 4 is 22.8 Å². The third-order valence-electron chi connectivity index (χ3n) is 6.82. The second kappa shape index (κ2) is 7.75. The first-order valence-corrected chi connectivity index (χ1v) is 11.2. The number of likely N-dealkylation sites (tertiary alicyclic amines) is 1. The first-order chi connectivity index (χ1) is 15.8. The number of hydrogen-bond acceptors (Lipinski definition) is 4. The molecule has 3 heterocycles. The van der Waals surface area contributed by atoms with Crippen molar-refractivity contribution in [2.45, 2.75) is 12.5 Å². The summed E-state index contributed by atoms with van der Waals surface area (Å²) in [4.78, 5) is 27.3. The van der Waals surface area contributed by atoms with Crippen molar-refractivity contribution in [3.63, 3.8) is 0 Å². The maximum Gasteiger partial charge on any atom is 0.254 e. The number of anilines is 1. The molecular weight excluding hydrogens is 396 g/mol. The highest BCUT2D eigenvalue weighted by atomic mass is 16.2. The Morgan fingerprint density at radius 3 is 2.47 bits per heavy atom. The summed E-state index contributed by atoms with van der Waals surface area (Å²) in [6.45, 7) is 2.59. The molecule has 32 heavy (non-hydrogen) atoms. The second-order valence-electron chi connectivity index (χ2n) is 8.65. The van der Waals surface area contributed by atoms with Crippen LogP contribution in [-0.4, -0.2) is 46.5 Å². The minimum absolute atomic E-state index is 0.122. The number of carbonyl (C=O) groups excluding carboxylic acids is 1. The number of carbonyl (C=O) groups is 1. The van der Waals surface area contributed by atoms with E-state index in [1.165, 1.54) is 0 Å². The van der Waals surface area contributed by atoms with Crippen LogP contribution in [0.25, 0.3) is 22.2 Å². The van der Waals surface area contributed by atoms with Crippen molar-refractivity contribution in [3.05, 3.63) is 90.6 Å². The van der Waals surface area contributed by atoms with Gasteiger partial charge in [-0.25, -0.2) is 4.98 Å². The Morgan fingerprint density at radius 2 is 1.59 bits per heavy atom. The van der Waals surface area contributed by atoms with Crippen LogP contribution in [0.2, 0.25) is 0 Å². The molecule has 0 aliphatic carbocycles. The van der Waals surface area contributed by atoms with Gasteiger partial charge in [-0.05, 0) is 35.7 Å². The summed E-state index contributed by atoms with van der Waals surface area (Å²) < 4.78 is 0. The number of fused-ring (bicyclic) bond motifs is 2. The van der Waals surface area contributed by atoms with Gasteiger partial charge in [-0.3, -0.25) is 9.78 Å². The number of rotatable bonds is 3. The van der Waals surface area contributed by atoms with E-state index in [0.29, 0.717) is 5.92 Å². The predicted molar refractivity (Wildman–Crippen MR) is 127 cm³/mol. The van der Waals surface area contributed by atoms with Crippen LogP contribution in [0.5, 0.6) is 0 Å². The number of hydrogen-bond donors (Lipinski definition) is 0. The minimum Gasteiger partial charge on any atom is -0.353 e. The van der Waals surface area contributed by atoms with Gasteiger partial charge < -0.3 is 9.80 Å². The lowest BCUT2D eigenvalue weighted by atomic mass is 9.81. The van der Waals surface area contributed by atoms with Crippen molar-refractivity contribution in [3.8, 4) is 11.1 Å². The molecule has 4 aromatic rings. The summed E-state index contributed by atoms with van der Waals surface area (Å²) in [6, 6.07) is 26.3. The number of para-hydroxylation sites is 2. The normalized spacial score (nSPS) is 20.0. The zero-order valence-electron chi connectivity index (χ0n) is 17.8. The monoisotopic (exact) mass is 420 g/mol. The molecule has 0 saturated carbocycles. The smallest absolute Gasteiger partial charge is 0.254 e. The van der Waals surface area contributed by atoms with Crippen LogP contribution in [0.3, 0.4) is 0 Å². The molecule has 1 amide bonds. The summed E-state index contributed by atoms with van der Waals surface area (Å²) in [7, 11) is 0. The van der Waals surface area contributed by atoms with E-state index in [0.717, 1.165) is 59.6 Å². The van der Waals surface area contributed by atoms with Crippen LogP contribution >= 0.6 is 0 Å². The van der Waals surface area contributed by atoms with E-state index in [1.807, 2.05) is 77.8 Å². The van der Waals surface area contributed by atoms with Crippen LogP contribution in [-0.2, 0) is 0 Å². The molecule has 6 rings (SSSR count). The van der Waals surface area contributed by atoms with Crippen molar-refractivity contribution in [2.75, 3.05) is 24.5 Å². The van der Waals surface area contributed by atoms with Gasteiger partial charge in [0.25, 0.3) is 5.91 Å². The van der Waals surface area contributed by atoms with Crippen LogP contribution < -0.4 is 4.90 Å². The highest BCUT2D eigenvalue weighted by Crippen LogP contribution is 2.36. The Labute approximate surface area is 187 Å². The largest absolute Gasteiger partial charge is 0.353 e. The lowest BCUT2D eigenvalue weighted by Crippen LogP contribution is -2.65. The molecule has 2 saturated heterocycles. The summed E-state index contributed by atoms with van der Waals surface area (Å²) in [5, 5.41) is 0. The number of piperidine rings is 1. The first-order valence-electron chi connectivity index (χ1n) is 11.2. The van der Waals surface area contributed by atoms with Gasteiger partial charge in [0.2, 0.25) is 0 Å². The lowest BCUT2D eigenvalue weighted by molar-refractivity contribution is 0.00787. The van der Waals surface area contributed by atoms with Crippen molar-refractivity contribution in [1.82, 2.24) is 14.9 Å². The molecule has 158 valence electrons. The molecule has 0 N–H and O–H groups in total. The Morgan fingerprint density at radius 1 is 0.844 bits per heavy atom. The average Bonchev–Trinajstić information content (AvgIpc) is 2.85.